The van der Waals surface area contributed by atoms with Gasteiger partial charge in [-0.15, -0.1) is 0 Å². The van der Waals surface area contributed by atoms with Gasteiger partial charge in [-0.05, 0) is 19.8 Å². The molecule has 1 fully saturated rings. The summed E-state index contributed by atoms with van der Waals surface area (Å²) in [6.45, 7) is 1.99. The minimum atomic E-state index is -0.121. The Labute approximate surface area is 95.3 Å². The third-order valence-electron chi connectivity index (χ3n) is 2.86. The van der Waals surface area contributed by atoms with Gasteiger partial charge in [0.1, 0.15) is 0 Å². The van der Waals surface area contributed by atoms with Crippen LogP contribution in [0.25, 0.3) is 0 Å². The van der Waals surface area contributed by atoms with E-state index in [4.69, 9.17) is 5.84 Å². The fourth-order valence-corrected chi connectivity index (χ4v) is 1.86. The van der Waals surface area contributed by atoms with E-state index in [2.05, 4.69) is 16.1 Å². The first-order chi connectivity index (χ1) is 7.63. The summed E-state index contributed by atoms with van der Waals surface area (Å²) in [5, 5.41) is 5.67. The zero-order chi connectivity index (χ0) is 12.0. The molecule has 0 spiro atoms. The number of rotatable bonds is 6. The maximum absolute atomic E-state index is 11.0. The monoisotopic (exact) mass is 228 g/mol. The van der Waals surface area contributed by atoms with Crippen LogP contribution in [0.15, 0.2) is 0 Å². The van der Waals surface area contributed by atoms with Gasteiger partial charge in [-0.2, -0.15) is 0 Å². The number of hydrazine groups is 1. The predicted octanol–water partition coefficient (Wildman–Crippen LogP) is -0.00330. The van der Waals surface area contributed by atoms with Crippen LogP contribution in [-0.2, 0) is 4.79 Å². The highest BCUT2D eigenvalue weighted by Crippen LogP contribution is 2.11. The first-order valence-electron chi connectivity index (χ1n) is 5.70. The fourth-order valence-electron chi connectivity index (χ4n) is 1.86. The number of carbonyl (C=O) groups excluding carboxylic acids is 2. The van der Waals surface area contributed by atoms with Crippen molar-refractivity contribution >= 4 is 11.9 Å². The van der Waals surface area contributed by atoms with Gasteiger partial charge < -0.3 is 10.6 Å². The number of urea groups is 1. The van der Waals surface area contributed by atoms with Gasteiger partial charge in [-0.1, -0.05) is 12.8 Å². The van der Waals surface area contributed by atoms with E-state index >= 15 is 0 Å². The maximum Gasteiger partial charge on any atom is 0.315 e. The lowest BCUT2D eigenvalue weighted by atomic mass is 10.0. The summed E-state index contributed by atoms with van der Waals surface area (Å²) in [6.07, 6.45) is 4.25. The molecule has 5 N–H and O–H groups in total. The molecule has 6 nitrogen and oxygen atoms in total. The summed E-state index contributed by atoms with van der Waals surface area (Å²) in [5.74, 6) is 4.84. The molecule has 1 heterocycles. The Balaban J connectivity index is 2.03. The van der Waals surface area contributed by atoms with Crippen LogP contribution in [0.1, 0.15) is 39.0 Å². The van der Waals surface area contributed by atoms with Crippen LogP contribution in [0, 0.1) is 0 Å². The second-order valence-corrected chi connectivity index (χ2v) is 4.18. The molecular formula is C10H20N4O2. The Morgan fingerprint density at radius 1 is 1.38 bits per heavy atom. The minimum Gasteiger partial charge on any atom is -0.334 e. The van der Waals surface area contributed by atoms with Crippen LogP contribution >= 0.6 is 0 Å². The summed E-state index contributed by atoms with van der Waals surface area (Å²) >= 11 is 0. The van der Waals surface area contributed by atoms with Crippen molar-refractivity contribution in [3.8, 4) is 0 Å². The van der Waals surface area contributed by atoms with Crippen molar-refractivity contribution in [2.75, 3.05) is 0 Å². The van der Waals surface area contributed by atoms with Gasteiger partial charge in [0.25, 0.3) is 0 Å². The molecule has 1 aliphatic heterocycles. The Bertz CT molecular complexity index is 257. The van der Waals surface area contributed by atoms with Crippen LogP contribution < -0.4 is 21.9 Å². The van der Waals surface area contributed by atoms with Crippen LogP contribution in [0.4, 0.5) is 4.79 Å². The van der Waals surface area contributed by atoms with E-state index in [0.29, 0.717) is 6.42 Å². The maximum atomic E-state index is 11.0. The molecule has 0 aliphatic carbocycles. The van der Waals surface area contributed by atoms with E-state index in [1.165, 1.54) is 0 Å². The molecule has 0 radical (unpaired) electrons. The zero-order valence-corrected chi connectivity index (χ0v) is 9.58. The van der Waals surface area contributed by atoms with Crippen molar-refractivity contribution in [1.29, 1.82) is 0 Å². The fraction of sp³-hybridized carbons (Fsp3) is 0.800. The molecule has 0 bridgehead atoms. The summed E-state index contributed by atoms with van der Waals surface area (Å²) in [7, 11) is 0. The Kier molecular flexibility index (Phi) is 5.04. The lowest BCUT2D eigenvalue weighted by Crippen LogP contribution is -2.30. The van der Waals surface area contributed by atoms with Gasteiger partial charge >= 0.3 is 6.03 Å². The molecule has 2 atom stereocenters. The van der Waals surface area contributed by atoms with Crippen molar-refractivity contribution in [3.05, 3.63) is 0 Å². The zero-order valence-electron chi connectivity index (χ0n) is 9.58. The molecule has 92 valence electrons. The van der Waals surface area contributed by atoms with Crippen LogP contribution in [0.2, 0.25) is 0 Å². The highest BCUT2D eigenvalue weighted by molar-refractivity contribution is 5.77. The highest BCUT2D eigenvalue weighted by Gasteiger charge is 2.26. The first-order valence-corrected chi connectivity index (χ1v) is 5.70. The molecule has 16 heavy (non-hydrogen) atoms. The summed E-state index contributed by atoms with van der Waals surface area (Å²) in [5.41, 5.74) is 2.10. The van der Waals surface area contributed by atoms with Gasteiger partial charge in [0, 0.05) is 12.5 Å². The second-order valence-electron chi connectivity index (χ2n) is 4.18. The van der Waals surface area contributed by atoms with Crippen LogP contribution in [0.3, 0.4) is 0 Å². The van der Waals surface area contributed by atoms with Gasteiger partial charge in [0.2, 0.25) is 5.91 Å². The molecule has 0 saturated carbocycles. The third kappa shape index (κ3) is 4.06. The Hall–Kier alpha value is -1.30. The first kappa shape index (κ1) is 12.8. The SMILES string of the molecule is C[C@@H]1NC(=O)N[C@@H]1CCCCCC(=O)NN. The van der Waals surface area contributed by atoms with Crippen molar-refractivity contribution in [2.45, 2.75) is 51.1 Å². The largest absolute Gasteiger partial charge is 0.334 e. The van der Waals surface area contributed by atoms with Crippen molar-refractivity contribution in [2.24, 2.45) is 5.84 Å². The lowest BCUT2D eigenvalue weighted by Gasteiger charge is -2.13. The average Bonchev–Trinajstić information content (AvgIpc) is 2.56. The number of hydrogen-bond donors (Lipinski definition) is 4. The Morgan fingerprint density at radius 2 is 2.12 bits per heavy atom. The highest BCUT2D eigenvalue weighted by atomic mass is 16.2. The number of nitrogens with two attached hydrogens (primary N) is 1. The molecule has 0 aromatic rings. The number of amides is 3. The quantitative estimate of drug-likeness (QED) is 0.223. The van der Waals surface area contributed by atoms with E-state index in [9.17, 15) is 9.59 Å². The number of carbonyl (C=O) groups is 2. The van der Waals surface area contributed by atoms with Crippen molar-refractivity contribution in [1.82, 2.24) is 16.1 Å². The predicted molar refractivity (Wildman–Crippen MR) is 60.3 cm³/mol. The lowest BCUT2D eigenvalue weighted by molar-refractivity contribution is -0.121. The van der Waals surface area contributed by atoms with Crippen LogP contribution in [0.5, 0.6) is 0 Å². The minimum absolute atomic E-state index is 0.0833. The molecule has 0 aromatic carbocycles. The van der Waals surface area contributed by atoms with Crippen molar-refractivity contribution in [3.63, 3.8) is 0 Å². The Morgan fingerprint density at radius 3 is 2.69 bits per heavy atom. The normalized spacial score (nSPS) is 23.8. The number of hydrogen-bond acceptors (Lipinski definition) is 3. The van der Waals surface area contributed by atoms with Gasteiger partial charge in [0.15, 0.2) is 0 Å². The molecule has 6 heteroatoms. The summed E-state index contributed by atoms with van der Waals surface area (Å²) in [4.78, 5) is 21.8. The van der Waals surface area contributed by atoms with Crippen LogP contribution in [-0.4, -0.2) is 24.0 Å². The van der Waals surface area contributed by atoms with E-state index in [1.807, 2.05) is 6.92 Å². The molecule has 1 rings (SSSR count). The molecule has 1 aliphatic rings. The summed E-state index contributed by atoms with van der Waals surface area (Å²) in [6, 6.07) is 0.329. The van der Waals surface area contributed by atoms with Crippen molar-refractivity contribution < 1.29 is 9.59 Å². The second kappa shape index (κ2) is 6.32. The number of nitrogens with one attached hydrogen (secondary N) is 3. The van der Waals surface area contributed by atoms with Gasteiger partial charge in [0.05, 0.1) is 6.04 Å². The topological polar surface area (TPSA) is 96.2 Å². The smallest absolute Gasteiger partial charge is 0.315 e. The summed E-state index contributed by atoms with van der Waals surface area (Å²) < 4.78 is 0. The molecule has 1 saturated heterocycles. The van der Waals surface area contributed by atoms with Gasteiger partial charge in [-0.3, -0.25) is 10.2 Å². The number of unbranched alkanes of at least 4 members (excludes halogenated alkanes) is 2. The van der Waals surface area contributed by atoms with E-state index < -0.39 is 0 Å². The molecular weight excluding hydrogens is 208 g/mol. The third-order valence-corrected chi connectivity index (χ3v) is 2.86. The molecule has 0 unspecified atom stereocenters. The van der Waals surface area contributed by atoms with E-state index in [-0.39, 0.29) is 24.0 Å². The van der Waals surface area contributed by atoms with Gasteiger partial charge in [-0.25, -0.2) is 10.6 Å². The molecule has 3 amide bonds. The average molecular weight is 228 g/mol. The standard InChI is InChI=1S/C10H20N4O2/c1-7-8(13-10(16)12-7)5-3-2-4-6-9(15)14-11/h7-8H,2-6,11H2,1H3,(H,14,15)(H2,12,13,16)/t7-,8+/m0/s1. The van der Waals surface area contributed by atoms with E-state index in [0.717, 1.165) is 25.7 Å². The van der Waals surface area contributed by atoms with E-state index in [1.54, 1.807) is 0 Å². The molecule has 0 aromatic heterocycles.